The summed E-state index contributed by atoms with van der Waals surface area (Å²) in [5.41, 5.74) is 2.98. The second kappa shape index (κ2) is 11.3. The number of nitrogens with one attached hydrogen (secondary N) is 2. The van der Waals surface area contributed by atoms with Crippen molar-refractivity contribution in [1.29, 1.82) is 5.26 Å². The second-order valence-corrected chi connectivity index (χ2v) is 9.29. The van der Waals surface area contributed by atoms with Gasteiger partial charge in [0.1, 0.15) is 5.82 Å². The molecule has 3 heterocycles. The molecular weight excluding hydrogens is 470 g/mol. The van der Waals surface area contributed by atoms with Crippen LogP contribution in [0, 0.1) is 18.3 Å². The van der Waals surface area contributed by atoms with Gasteiger partial charge in [-0.25, -0.2) is 4.98 Å². The van der Waals surface area contributed by atoms with Crippen molar-refractivity contribution in [1.82, 2.24) is 15.0 Å². The van der Waals surface area contributed by atoms with Crippen molar-refractivity contribution in [3.05, 3.63) is 59.4 Å². The molecule has 3 aromatic rings. The first kappa shape index (κ1) is 26.0. The summed E-state index contributed by atoms with van der Waals surface area (Å²) in [7, 11) is 0. The van der Waals surface area contributed by atoms with E-state index in [1.165, 1.54) is 0 Å². The maximum Gasteiger partial charge on any atom is 0.255 e. The third-order valence-corrected chi connectivity index (χ3v) is 6.21. The molecule has 1 fully saturated rings. The fraction of sp³-hybridized carbons (Fsp3) is 0.370. The van der Waals surface area contributed by atoms with Gasteiger partial charge in [0.25, 0.3) is 5.91 Å². The number of aliphatic hydroxyl groups is 1. The summed E-state index contributed by atoms with van der Waals surface area (Å²) in [4.78, 5) is 28.6. The zero-order valence-electron chi connectivity index (χ0n) is 21.3. The summed E-state index contributed by atoms with van der Waals surface area (Å²) < 4.78 is 5.50. The van der Waals surface area contributed by atoms with Crippen LogP contribution >= 0.6 is 0 Å². The van der Waals surface area contributed by atoms with E-state index in [0.717, 1.165) is 16.9 Å². The number of amides is 1. The lowest BCUT2D eigenvalue weighted by atomic mass is 9.79. The number of carbonyl (C=O) groups is 1. The largest absolute Gasteiger partial charge is 0.395 e. The number of ether oxygens (including phenoxy) is 1. The molecule has 0 saturated carbocycles. The van der Waals surface area contributed by atoms with Crippen molar-refractivity contribution in [2.45, 2.75) is 26.2 Å². The summed E-state index contributed by atoms with van der Waals surface area (Å²) >= 11 is 0. The zero-order chi connectivity index (χ0) is 26.4. The Morgan fingerprint density at radius 2 is 1.92 bits per heavy atom. The topological polar surface area (TPSA) is 136 Å². The van der Waals surface area contributed by atoms with Gasteiger partial charge >= 0.3 is 0 Å². The highest BCUT2D eigenvalue weighted by Gasteiger charge is 2.30. The van der Waals surface area contributed by atoms with Crippen LogP contribution < -0.4 is 15.5 Å². The number of hydrogen-bond donors (Lipinski definition) is 3. The molecular formula is C27H31N7O3. The number of nitriles is 1. The van der Waals surface area contributed by atoms with E-state index in [1.54, 1.807) is 24.5 Å². The highest BCUT2D eigenvalue weighted by molar-refractivity contribution is 6.05. The van der Waals surface area contributed by atoms with Crippen molar-refractivity contribution in [3.63, 3.8) is 0 Å². The monoisotopic (exact) mass is 501 g/mol. The number of morpholine rings is 1. The molecule has 37 heavy (non-hydrogen) atoms. The Hall–Kier alpha value is -4.07. The van der Waals surface area contributed by atoms with Gasteiger partial charge in [0.15, 0.2) is 0 Å². The minimum atomic E-state index is -0.953. The number of carbonyl (C=O) groups excluding carboxylic acids is 1. The zero-order valence-corrected chi connectivity index (χ0v) is 21.3. The van der Waals surface area contributed by atoms with E-state index in [9.17, 15) is 15.2 Å². The van der Waals surface area contributed by atoms with E-state index in [4.69, 9.17) is 9.72 Å². The van der Waals surface area contributed by atoms with Crippen LogP contribution in [-0.4, -0.2) is 65.4 Å². The molecule has 1 amide bonds. The molecule has 0 radical (unpaired) electrons. The molecule has 3 N–H and O–H groups in total. The number of anilines is 3. The van der Waals surface area contributed by atoms with Gasteiger partial charge in [-0.2, -0.15) is 10.2 Å². The molecule has 1 saturated heterocycles. The summed E-state index contributed by atoms with van der Waals surface area (Å²) in [5.74, 6) is 0.800. The van der Waals surface area contributed by atoms with Crippen LogP contribution in [0.1, 0.15) is 35.3 Å². The molecule has 2 aromatic heterocycles. The molecule has 1 aromatic carbocycles. The smallest absolute Gasteiger partial charge is 0.255 e. The average molecular weight is 502 g/mol. The number of hydrogen-bond acceptors (Lipinski definition) is 9. The Morgan fingerprint density at radius 3 is 2.59 bits per heavy atom. The fourth-order valence-corrected chi connectivity index (χ4v) is 4.31. The molecule has 0 atom stereocenters. The lowest BCUT2D eigenvalue weighted by Gasteiger charge is -2.29. The van der Waals surface area contributed by atoms with Gasteiger partial charge in [-0.3, -0.25) is 9.78 Å². The number of aryl methyl sites for hydroxylation is 1. The number of aromatic nitrogens is 3. The Kier molecular flexibility index (Phi) is 7.96. The number of pyridine rings is 1. The third kappa shape index (κ3) is 5.85. The van der Waals surface area contributed by atoms with E-state index in [-0.39, 0.29) is 12.5 Å². The number of benzene rings is 1. The van der Waals surface area contributed by atoms with Crippen LogP contribution in [0.2, 0.25) is 0 Å². The van der Waals surface area contributed by atoms with Gasteiger partial charge in [-0.05, 0) is 44.5 Å². The Morgan fingerprint density at radius 1 is 1.19 bits per heavy atom. The third-order valence-electron chi connectivity index (χ3n) is 6.21. The predicted octanol–water partition coefficient (Wildman–Crippen LogP) is 3.14. The molecule has 10 nitrogen and oxygen atoms in total. The molecule has 1 aliphatic rings. The summed E-state index contributed by atoms with van der Waals surface area (Å²) in [6.07, 6.45) is 3.12. The number of aliphatic hydroxyl groups excluding tert-OH is 1. The van der Waals surface area contributed by atoms with E-state index in [2.05, 4.69) is 31.6 Å². The standard InChI is InChI=1S/C27H31N7O3/c1-18-4-5-20(31-25(36)19-6-8-29-9-7-19)24(27(2,3)17-28)23(18)21-16-22(34-11-14-37-15-12-34)33-26(32-21)30-10-13-35/h4-9,16,35H,10-15H2,1-3H3,(H,31,36)(H,30,32,33). The first-order valence-electron chi connectivity index (χ1n) is 12.2. The molecule has 0 unspecified atom stereocenters. The van der Waals surface area contributed by atoms with Crippen LogP contribution in [0.5, 0.6) is 0 Å². The van der Waals surface area contributed by atoms with E-state index in [0.29, 0.717) is 61.3 Å². The molecule has 0 bridgehead atoms. The van der Waals surface area contributed by atoms with Crippen molar-refractivity contribution >= 4 is 23.4 Å². The van der Waals surface area contributed by atoms with E-state index < -0.39 is 5.41 Å². The minimum absolute atomic E-state index is 0.0667. The first-order valence-corrected chi connectivity index (χ1v) is 12.2. The van der Waals surface area contributed by atoms with Crippen LogP contribution in [0.4, 0.5) is 17.5 Å². The molecule has 0 aliphatic carbocycles. The summed E-state index contributed by atoms with van der Waals surface area (Å²) in [6.45, 7) is 8.40. The number of rotatable bonds is 8. The Balaban J connectivity index is 1.88. The van der Waals surface area contributed by atoms with Crippen LogP contribution in [-0.2, 0) is 10.2 Å². The van der Waals surface area contributed by atoms with Gasteiger partial charge in [-0.15, -0.1) is 0 Å². The quantitative estimate of drug-likeness (QED) is 0.425. The van der Waals surface area contributed by atoms with Crippen LogP contribution in [0.3, 0.4) is 0 Å². The second-order valence-electron chi connectivity index (χ2n) is 9.29. The average Bonchev–Trinajstić information content (AvgIpc) is 2.93. The lowest BCUT2D eigenvalue weighted by Crippen LogP contribution is -2.37. The van der Waals surface area contributed by atoms with Gasteiger partial charge < -0.3 is 25.4 Å². The Bertz CT molecular complexity index is 1300. The van der Waals surface area contributed by atoms with Crippen LogP contribution in [0.25, 0.3) is 11.3 Å². The highest BCUT2D eigenvalue weighted by atomic mass is 16.5. The van der Waals surface area contributed by atoms with Gasteiger partial charge in [-0.1, -0.05) is 6.07 Å². The van der Waals surface area contributed by atoms with E-state index in [1.807, 2.05) is 39.0 Å². The molecule has 4 rings (SSSR count). The minimum Gasteiger partial charge on any atom is -0.395 e. The Labute approximate surface area is 216 Å². The van der Waals surface area contributed by atoms with Crippen molar-refractivity contribution in [2.24, 2.45) is 0 Å². The highest BCUT2D eigenvalue weighted by Crippen LogP contribution is 2.41. The fourth-order valence-electron chi connectivity index (χ4n) is 4.31. The van der Waals surface area contributed by atoms with Gasteiger partial charge in [0, 0.05) is 60.5 Å². The van der Waals surface area contributed by atoms with Crippen molar-refractivity contribution in [3.8, 4) is 17.3 Å². The van der Waals surface area contributed by atoms with Crippen LogP contribution in [0.15, 0.2) is 42.7 Å². The predicted molar refractivity (Wildman–Crippen MR) is 142 cm³/mol. The maximum atomic E-state index is 13.0. The molecule has 0 spiro atoms. The number of nitrogens with zero attached hydrogens (tertiary/aromatic N) is 5. The maximum absolute atomic E-state index is 13.0. The lowest BCUT2D eigenvalue weighted by molar-refractivity contribution is 0.102. The van der Waals surface area contributed by atoms with Crippen molar-refractivity contribution < 1.29 is 14.6 Å². The molecule has 10 heteroatoms. The first-order chi connectivity index (χ1) is 17.8. The van der Waals surface area contributed by atoms with Gasteiger partial charge in [0.2, 0.25) is 5.95 Å². The summed E-state index contributed by atoms with van der Waals surface area (Å²) in [6, 6.07) is 11.3. The van der Waals surface area contributed by atoms with E-state index >= 15 is 0 Å². The van der Waals surface area contributed by atoms with Gasteiger partial charge in [0.05, 0.1) is 37.0 Å². The van der Waals surface area contributed by atoms with Crippen molar-refractivity contribution in [2.75, 3.05) is 55.0 Å². The summed E-state index contributed by atoms with van der Waals surface area (Å²) in [5, 5.41) is 25.6. The molecule has 1 aliphatic heterocycles. The SMILES string of the molecule is Cc1ccc(NC(=O)c2ccncc2)c(C(C)(C)C#N)c1-c1cc(N2CCOCC2)nc(NCCO)n1. The normalized spacial score (nSPS) is 13.6. The molecule has 192 valence electrons.